The van der Waals surface area contributed by atoms with Crippen molar-refractivity contribution in [1.82, 2.24) is 0 Å². The largest absolute Gasteiger partial charge is 0.390 e. The Morgan fingerprint density at radius 1 is 1.21 bits per heavy atom. The van der Waals surface area contributed by atoms with Crippen LogP contribution in [-0.4, -0.2) is 24.4 Å². The zero-order valence-electron chi connectivity index (χ0n) is 10.3. The van der Waals surface area contributed by atoms with Gasteiger partial charge in [-0.25, -0.2) is 0 Å². The summed E-state index contributed by atoms with van der Waals surface area (Å²) in [5.74, 6) is 0.968. The van der Waals surface area contributed by atoms with Crippen LogP contribution in [0.2, 0.25) is 0 Å². The maximum absolute atomic E-state index is 9.95. The van der Waals surface area contributed by atoms with E-state index in [0.717, 1.165) is 6.42 Å². The third-order valence-corrected chi connectivity index (χ3v) is 2.73. The molecule has 0 aromatic carbocycles. The Kier molecular flexibility index (Phi) is 7.20. The van der Waals surface area contributed by atoms with E-state index in [2.05, 4.69) is 27.7 Å². The van der Waals surface area contributed by atoms with Crippen LogP contribution >= 0.6 is 0 Å². The molecular formula is C12H26O2. The minimum atomic E-state index is -0.318. The zero-order valence-corrected chi connectivity index (χ0v) is 10.3. The van der Waals surface area contributed by atoms with Gasteiger partial charge in [-0.05, 0) is 18.3 Å². The third kappa shape index (κ3) is 4.97. The Hall–Kier alpha value is -0.0800. The molecule has 14 heavy (non-hydrogen) atoms. The standard InChI is InChI=1S/C12H26O2/c1-6-7-10(4)8-11(13)12(14-5)9(2)3/h9-13H,6-8H2,1-5H3. The highest BCUT2D eigenvalue weighted by Crippen LogP contribution is 2.19. The van der Waals surface area contributed by atoms with Gasteiger partial charge in [-0.15, -0.1) is 0 Å². The van der Waals surface area contributed by atoms with Crippen LogP contribution in [0.25, 0.3) is 0 Å². The molecule has 0 rings (SSSR count). The second-order valence-electron chi connectivity index (χ2n) is 4.64. The van der Waals surface area contributed by atoms with Gasteiger partial charge in [0.05, 0.1) is 12.2 Å². The number of hydrogen-bond donors (Lipinski definition) is 1. The first-order valence-electron chi connectivity index (χ1n) is 5.73. The van der Waals surface area contributed by atoms with Gasteiger partial charge in [-0.1, -0.05) is 40.5 Å². The van der Waals surface area contributed by atoms with Crippen LogP contribution in [0, 0.1) is 11.8 Å². The van der Waals surface area contributed by atoms with Crippen molar-refractivity contribution < 1.29 is 9.84 Å². The molecule has 3 atom stereocenters. The van der Waals surface area contributed by atoms with Crippen LogP contribution in [0.5, 0.6) is 0 Å². The molecule has 0 aromatic rings. The average Bonchev–Trinajstić information content (AvgIpc) is 2.04. The Labute approximate surface area is 88.7 Å². The van der Waals surface area contributed by atoms with Crippen molar-refractivity contribution in [2.75, 3.05) is 7.11 Å². The lowest BCUT2D eigenvalue weighted by atomic mass is 9.92. The molecule has 0 aliphatic rings. The summed E-state index contributed by atoms with van der Waals surface area (Å²) < 4.78 is 5.30. The van der Waals surface area contributed by atoms with Crippen LogP contribution in [0.1, 0.15) is 47.0 Å². The Balaban J connectivity index is 3.96. The molecule has 0 fully saturated rings. The first-order chi connectivity index (χ1) is 6.52. The van der Waals surface area contributed by atoms with Gasteiger partial charge in [0.25, 0.3) is 0 Å². The average molecular weight is 202 g/mol. The molecule has 2 nitrogen and oxygen atoms in total. The summed E-state index contributed by atoms with van der Waals surface area (Å²) in [6.45, 7) is 8.54. The van der Waals surface area contributed by atoms with E-state index in [1.807, 2.05) is 0 Å². The molecule has 0 amide bonds. The molecule has 0 aliphatic carbocycles. The lowest BCUT2D eigenvalue weighted by Gasteiger charge is -2.26. The molecule has 0 radical (unpaired) electrons. The molecule has 3 unspecified atom stereocenters. The molecule has 0 aromatic heterocycles. The maximum atomic E-state index is 9.95. The van der Waals surface area contributed by atoms with E-state index in [1.165, 1.54) is 12.8 Å². The topological polar surface area (TPSA) is 29.5 Å². The second-order valence-corrected chi connectivity index (χ2v) is 4.64. The van der Waals surface area contributed by atoms with Crippen LogP contribution in [0.4, 0.5) is 0 Å². The first kappa shape index (κ1) is 13.9. The Morgan fingerprint density at radius 3 is 2.14 bits per heavy atom. The van der Waals surface area contributed by atoms with Gasteiger partial charge in [0, 0.05) is 7.11 Å². The minimum absolute atomic E-state index is 0.0192. The van der Waals surface area contributed by atoms with Crippen molar-refractivity contribution in [3.8, 4) is 0 Å². The van der Waals surface area contributed by atoms with E-state index >= 15 is 0 Å². The third-order valence-electron chi connectivity index (χ3n) is 2.73. The van der Waals surface area contributed by atoms with Gasteiger partial charge in [-0.2, -0.15) is 0 Å². The fraction of sp³-hybridized carbons (Fsp3) is 1.00. The van der Waals surface area contributed by atoms with E-state index < -0.39 is 0 Å². The summed E-state index contributed by atoms with van der Waals surface area (Å²) in [6.07, 6.45) is 2.89. The molecular weight excluding hydrogens is 176 g/mol. The maximum Gasteiger partial charge on any atom is 0.0853 e. The van der Waals surface area contributed by atoms with Crippen molar-refractivity contribution in [2.24, 2.45) is 11.8 Å². The van der Waals surface area contributed by atoms with Crippen LogP contribution in [0.3, 0.4) is 0 Å². The van der Waals surface area contributed by atoms with Crippen LogP contribution < -0.4 is 0 Å². The highest BCUT2D eigenvalue weighted by atomic mass is 16.5. The first-order valence-corrected chi connectivity index (χ1v) is 5.73. The quantitative estimate of drug-likeness (QED) is 0.688. The number of aliphatic hydroxyl groups is 1. The molecule has 0 spiro atoms. The SMILES string of the molecule is CCCC(C)CC(O)C(OC)C(C)C. The van der Waals surface area contributed by atoms with E-state index in [0.29, 0.717) is 11.8 Å². The highest BCUT2D eigenvalue weighted by molar-refractivity contribution is 4.74. The predicted molar refractivity (Wildman–Crippen MR) is 60.3 cm³/mol. The van der Waals surface area contributed by atoms with Crippen LogP contribution in [-0.2, 0) is 4.74 Å². The number of rotatable bonds is 7. The van der Waals surface area contributed by atoms with Gasteiger partial charge < -0.3 is 9.84 Å². The molecule has 0 heterocycles. The molecule has 0 bridgehead atoms. The number of ether oxygens (including phenoxy) is 1. The van der Waals surface area contributed by atoms with E-state index in [1.54, 1.807) is 7.11 Å². The highest BCUT2D eigenvalue weighted by Gasteiger charge is 2.23. The second kappa shape index (κ2) is 7.24. The van der Waals surface area contributed by atoms with E-state index in [9.17, 15) is 5.11 Å². The molecule has 2 heteroatoms. The summed E-state index contributed by atoms with van der Waals surface area (Å²) in [5.41, 5.74) is 0. The fourth-order valence-corrected chi connectivity index (χ4v) is 2.03. The fourth-order valence-electron chi connectivity index (χ4n) is 2.03. The normalized spacial score (nSPS) is 18.2. The van der Waals surface area contributed by atoms with Gasteiger partial charge >= 0.3 is 0 Å². The zero-order chi connectivity index (χ0) is 11.1. The van der Waals surface area contributed by atoms with Gasteiger partial charge in [0.2, 0.25) is 0 Å². The van der Waals surface area contributed by atoms with E-state index in [-0.39, 0.29) is 12.2 Å². The van der Waals surface area contributed by atoms with Crippen molar-refractivity contribution in [3.05, 3.63) is 0 Å². The predicted octanol–water partition coefficient (Wildman–Crippen LogP) is 2.84. The van der Waals surface area contributed by atoms with Crippen molar-refractivity contribution in [3.63, 3.8) is 0 Å². The summed E-state index contributed by atoms with van der Waals surface area (Å²) in [6, 6.07) is 0. The Morgan fingerprint density at radius 2 is 1.79 bits per heavy atom. The van der Waals surface area contributed by atoms with Crippen molar-refractivity contribution >= 4 is 0 Å². The van der Waals surface area contributed by atoms with Crippen molar-refractivity contribution in [1.29, 1.82) is 0 Å². The Bertz CT molecular complexity index is 134. The molecule has 86 valence electrons. The van der Waals surface area contributed by atoms with Crippen LogP contribution in [0.15, 0.2) is 0 Å². The lowest BCUT2D eigenvalue weighted by Crippen LogP contribution is -2.34. The summed E-state index contributed by atoms with van der Waals surface area (Å²) >= 11 is 0. The minimum Gasteiger partial charge on any atom is -0.390 e. The number of methoxy groups -OCH3 is 1. The molecule has 0 saturated carbocycles. The number of aliphatic hydroxyl groups excluding tert-OH is 1. The molecule has 0 aliphatic heterocycles. The molecule has 0 saturated heterocycles. The lowest BCUT2D eigenvalue weighted by molar-refractivity contribution is -0.0465. The number of hydrogen-bond acceptors (Lipinski definition) is 2. The summed E-state index contributed by atoms with van der Waals surface area (Å²) in [7, 11) is 1.68. The van der Waals surface area contributed by atoms with Gasteiger partial charge in [0.15, 0.2) is 0 Å². The summed E-state index contributed by atoms with van der Waals surface area (Å²) in [4.78, 5) is 0. The van der Waals surface area contributed by atoms with E-state index in [4.69, 9.17) is 4.74 Å². The summed E-state index contributed by atoms with van der Waals surface area (Å²) in [5, 5.41) is 9.95. The van der Waals surface area contributed by atoms with Crippen molar-refractivity contribution in [2.45, 2.75) is 59.2 Å². The van der Waals surface area contributed by atoms with Gasteiger partial charge in [-0.3, -0.25) is 0 Å². The van der Waals surface area contributed by atoms with Gasteiger partial charge in [0.1, 0.15) is 0 Å². The smallest absolute Gasteiger partial charge is 0.0853 e. The molecule has 1 N–H and O–H groups in total. The monoisotopic (exact) mass is 202 g/mol.